The quantitative estimate of drug-likeness (QED) is 0.931. The van der Waals surface area contributed by atoms with Crippen molar-refractivity contribution in [3.8, 4) is 5.69 Å². The van der Waals surface area contributed by atoms with Gasteiger partial charge < -0.3 is 5.73 Å². The van der Waals surface area contributed by atoms with Gasteiger partial charge in [-0.05, 0) is 30.5 Å². The minimum absolute atomic E-state index is 0.186. The number of nitrogens with zero attached hydrogens (tertiary/aromatic N) is 2. The molecule has 0 aliphatic heterocycles. The van der Waals surface area contributed by atoms with Crippen molar-refractivity contribution in [3.05, 3.63) is 46.7 Å². The summed E-state index contributed by atoms with van der Waals surface area (Å²) in [5.41, 5.74) is 5.58. The molecule has 0 radical (unpaired) electrons. The van der Waals surface area contributed by atoms with E-state index in [0.717, 1.165) is 6.07 Å². The lowest BCUT2D eigenvalue weighted by atomic mass is 9.98. The zero-order valence-electron chi connectivity index (χ0n) is 11.4. The van der Waals surface area contributed by atoms with Crippen molar-refractivity contribution < 1.29 is 13.2 Å². The fourth-order valence-corrected chi connectivity index (χ4v) is 2.15. The van der Waals surface area contributed by atoms with Crippen LogP contribution in [0.5, 0.6) is 0 Å². The van der Waals surface area contributed by atoms with Gasteiger partial charge in [0.15, 0.2) is 0 Å². The van der Waals surface area contributed by atoms with E-state index in [-0.39, 0.29) is 18.0 Å². The molecule has 0 spiro atoms. The van der Waals surface area contributed by atoms with Gasteiger partial charge in [-0.2, -0.15) is 18.3 Å². The van der Waals surface area contributed by atoms with Crippen LogP contribution in [0.15, 0.2) is 30.6 Å². The molecule has 7 heteroatoms. The van der Waals surface area contributed by atoms with Gasteiger partial charge in [0.25, 0.3) is 0 Å². The van der Waals surface area contributed by atoms with Gasteiger partial charge in [0, 0.05) is 12.2 Å². The van der Waals surface area contributed by atoms with Crippen LogP contribution in [0, 0.1) is 0 Å². The Morgan fingerprint density at radius 1 is 1.38 bits per heavy atom. The highest BCUT2D eigenvalue weighted by molar-refractivity contribution is 6.30. The van der Waals surface area contributed by atoms with Crippen molar-refractivity contribution in [2.24, 2.45) is 5.73 Å². The number of benzene rings is 1. The van der Waals surface area contributed by atoms with Crippen molar-refractivity contribution >= 4 is 11.6 Å². The molecule has 2 aromatic rings. The highest BCUT2D eigenvalue weighted by atomic mass is 35.5. The van der Waals surface area contributed by atoms with Crippen molar-refractivity contribution in [1.29, 1.82) is 0 Å². The van der Waals surface area contributed by atoms with E-state index in [0.29, 0.717) is 17.1 Å². The second-order valence-corrected chi connectivity index (χ2v) is 5.25. The van der Waals surface area contributed by atoms with E-state index in [1.165, 1.54) is 23.1 Å². The largest absolute Gasteiger partial charge is 0.416 e. The summed E-state index contributed by atoms with van der Waals surface area (Å²) < 4.78 is 40.9. The van der Waals surface area contributed by atoms with Crippen LogP contribution in [0.3, 0.4) is 0 Å². The topological polar surface area (TPSA) is 43.8 Å². The van der Waals surface area contributed by atoms with E-state index in [9.17, 15) is 13.2 Å². The molecular weight excluding hydrogens is 303 g/mol. The summed E-state index contributed by atoms with van der Waals surface area (Å²) in [6.45, 7) is 1.85. The lowest BCUT2D eigenvalue weighted by molar-refractivity contribution is -0.138. The fraction of sp³-hybridized carbons (Fsp3) is 0.357. The Bertz CT molecular complexity index is 622. The van der Waals surface area contributed by atoms with E-state index in [1.807, 2.05) is 6.92 Å². The third-order valence-electron chi connectivity index (χ3n) is 3.22. The molecule has 2 N–H and O–H groups in total. The van der Waals surface area contributed by atoms with Crippen LogP contribution < -0.4 is 5.73 Å². The predicted molar refractivity (Wildman–Crippen MR) is 75.5 cm³/mol. The van der Waals surface area contributed by atoms with Gasteiger partial charge in [0.2, 0.25) is 0 Å². The van der Waals surface area contributed by atoms with Gasteiger partial charge in [-0.25, -0.2) is 4.68 Å². The molecule has 0 fully saturated rings. The zero-order chi connectivity index (χ0) is 15.6. The molecule has 0 bridgehead atoms. The van der Waals surface area contributed by atoms with Crippen LogP contribution in [0.25, 0.3) is 5.69 Å². The molecule has 1 unspecified atom stereocenters. The smallest absolute Gasteiger partial charge is 0.327 e. The highest BCUT2D eigenvalue weighted by Crippen LogP contribution is 2.34. The molecule has 0 amide bonds. The SMILES string of the molecule is CCC(N)Cc1ccc(-n2cc(Cl)cn2)cc1C(F)(F)F. The second-order valence-electron chi connectivity index (χ2n) is 4.81. The Hall–Kier alpha value is -1.53. The maximum absolute atomic E-state index is 13.2. The Morgan fingerprint density at radius 2 is 2.10 bits per heavy atom. The number of rotatable bonds is 4. The molecule has 21 heavy (non-hydrogen) atoms. The van der Waals surface area contributed by atoms with Gasteiger partial charge in [0.05, 0.1) is 22.5 Å². The summed E-state index contributed by atoms with van der Waals surface area (Å²) in [4.78, 5) is 0. The maximum Gasteiger partial charge on any atom is 0.416 e. The molecule has 0 saturated carbocycles. The van der Waals surface area contributed by atoms with E-state index >= 15 is 0 Å². The fourth-order valence-electron chi connectivity index (χ4n) is 2.02. The lowest BCUT2D eigenvalue weighted by Crippen LogP contribution is -2.23. The van der Waals surface area contributed by atoms with Gasteiger partial charge in [0.1, 0.15) is 0 Å². The number of aromatic nitrogens is 2. The van der Waals surface area contributed by atoms with Gasteiger partial charge in [-0.1, -0.05) is 24.6 Å². The summed E-state index contributed by atoms with van der Waals surface area (Å²) in [5, 5.41) is 4.27. The Labute approximate surface area is 125 Å². The molecule has 1 aromatic carbocycles. The second kappa shape index (κ2) is 6.07. The molecule has 0 saturated heterocycles. The summed E-state index contributed by atoms with van der Waals surface area (Å²) in [7, 11) is 0. The molecule has 114 valence electrons. The first-order valence-electron chi connectivity index (χ1n) is 6.47. The van der Waals surface area contributed by atoms with E-state index < -0.39 is 11.7 Å². The summed E-state index contributed by atoms with van der Waals surface area (Å²) in [6.07, 6.45) is -0.806. The molecule has 1 heterocycles. The number of hydrogen-bond acceptors (Lipinski definition) is 2. The first-order valence-corrected chi connectivity index (χ1v) is 6.85. The maximum atomic E-state index is 13.2. The Morgan fingerprint density at radius 3 is 2.62 bits per heavy atom. The monoisotopic (exact) mass is 317 g/mol. The van der Waals surface area contributed by atoms with E-state index in [4.69, 9.17) is 17.3 Å². The standard InChI is InChI=1S/C14H15ClF3N3/c1-2-11(19)5-9-3-4-12(6-13(9)14(16,17)18)21-8-10(15)7-20-21/h3-4,6-8,11H,2,5,19H2,1H3. The average molecular weight is 318 g/mol. The Kier molecular flexibility index (Phi) is 4.58. The van der Waals surface area contributed by atoms with E-state index in [1.54, 1.807) is 6.07 Å². The lowest BCUT2D eigenvalue weighted by Gasteiger charge is -2.17. The number of alkyl halides is 3. The first kappa shape index (κ1) is 15.9. The first-order chi connectivity index (χ1) is 9.81. The molecule has 1 aromatic heterocycles. The molecule has 1 atom stereocenters. The number of hydrogen-bond donors (Lipinski definition) is 1. The Balaban J connectivity index is 2.44. The van der Waals surface area contributed by atoms with Crippen molar-refractivity contribution in [2.75, 3.05) is 0 Å². The van der Waals surface area contributed by atoms with E-state index in [2.05, 4.69) is 5.10 Å². The van der Waals surface area contributed by atoms with Crippen molar-refractivity contribution in [1.82, 2.24) is 9.78 Å². The molecule has 2 rings (SSSR count). The number of halogens is 4. The number of nitrogens with two attached hydrogens (primary N) is 1. The zero-order valence-corrected chi connectivity index (χ0v) is 12.1. The average Bonchev–Trinajstić information content (AvgIpc) is 2.84. The minimum atomic E-state index is -4.43. The molecular formula is C14H15ClF3N3. The highest BCUT2D eigenvalue weighted by Gasteiger charge is 2.34. The van der Waals surface area contributed by atoms with Crippen LogP contribution >= 0.6 is 11.6 Å². The summed E-state index contributed by atoms with van der Waals surface area (Å²) >= 11 is 5.74. The van der Waals surface area contributed by atoms with Crippen molar-refractivity contribution in [3.63, 3.8) is 0 Å². The van der Waals surface area contributed by atoms with Crippen LogP contribution in [0.2, 0.25) is 5.02 Å². The van der Waals surface area contributed by atoms with Crippen LogP contribution in [-0.4, -0.2) is 15.8 Å². The third-order valence-corrected chi connectivity index (χ3v) is 3.42. The van der Waals surface area contributed by atoms with Crippen LogP contribution in [-0.2, 0) is 12.6 Å². The predicted octanol–water partition coefficient (Wildman–Crippen LogP) is 3.82. The van der Waals surface area contributed by atoms with Crippen molar-refractivity contribution in [2.45, 2.75) is 32.0 Å². The normalized spacial score (nSPS) is 13.4. The summed E-state index contributed by atoms with van der Waals surface area (Å²) in [6, 6.07) is 3.80. The van der Waals surface area contributed by atoms with Gasteiger partial charge in [-0.3, -0.25) is 0 Å². The van der Waals surface area contributed by atoms with Gasteiger partial charge in [-0.15, -0.1) is 0 Å². The van der Waals surface area contributed by atoms with Gasteiger partial charge >= 0.3 is 6.18 Å². The van der Waals surface area contributed by atoms with Crippen LogP contribution in [0.1, 0.15) is 24.5 Å². The van der Waals surface area contributed by atoms with Crippen LogP contribution in [0.4, 0.5) is 13.2 Å². The minimum Gasteiger partial charge on any atom is -0.327 e. The third kappa shape index (κ3) is 3.77. The molecule has 3 nitrogen and oxygen atoms in total. The summed E-state index contributed by atoms with van der Waals surface area (Å²) in [5.74, 6) is 0. The molecule has 0 aliphatic carbocycles. The molecule has 0 aliphatic rings.